The molecule has 0 N–H and O–H groups in total. The highest BCUT2D eigenvalue weighted by Crippen LogP contribution is 2.40. The third kappa shape index (κ3) is 3.11. The van der Waals surface area contributed by atoms with Crippen LogP contribution in [0.4, 0.5) is 8.78 Å². The predicted octanol–water partition coefficient (Wildman–Crippen LogP) is 3.50. The molecule has 0 atom stereocenters. The summed E-state index contributed by atoms with van der Waals surface area (Å²) >= 11 is 0. The highest BCUT2D eigenvalue weighted by Gasteiger charge is 2.27. The third-order valence-electron chi connectivity index (χ3n) is 4.95. The fraction of sp³-hybridized carbons (Fsp3) is 0.444. The molecule has 3 aromatic heterocycles. The molecule has 8 heteroatoms. The van der Waals surface area contributed by atoms with E-state index < -0.39 is 5.92 Å². The molecule has 3 aromatic rings. The fourth-order valence-corrected chi connectivity index (χ4v) is 3.25. The lowest BCUT2D eigenvalue weighted by molar-refractivity contribution is 0.0171. The summed E-state index contributed by atoms with van der Waals surface area (Å²) in [6.07, 6.45) is 8.50. The SMILES string of the molecule is Cn1ncc(-c2cn(Cc3ccc(C(C)(F)F)cn3)nn2)c1C1CCC1. The van der Waals surface area contributed by atoms with Crippen molar-refractivity contribution in [3.63, 3.8) is 0 Å². The molecule has 3 heterocycles. The molecule has 136 valence electrons. The summed E-state index contributed by atoms with van der Waals surface area (Å²) in [5.41, 5.74) is 3.55. The number of nitrogens with zero attached hydrogens (tertiary/aromatic N) is 6. The summed E-state index contributed by atoms with van der Waals surface area (Å²) < 4.78 is 30.1. The van der Waals surface area contributed by atoms with Crippen LogP contribution in [0.1, 0.15) is 49.1 Å². The average molecular weight is 358 g/mol. The van der Waals surface area contributed by atoms with Crippen molar-refractivity contribution in [2.24, 2.45) is 7.05 Å². The van der Waals surface area contributed by atoms with Gasteiger partial charge in [0.1, 0.15) is 5.69 Å². The summed E-state index contributed by atoms with van der Waals surface area (Å²) in [6.45, 7) is 1.24. The van der Waals surface area contributed by atoms with Gasteiger partial charge >= 0.3 is 0 Å². The Morgan fingerprint density at radius 2 is 2.04 bits per heavy atom. The molecule has 1 saturated carbocycles. The van der Waals surface area contributed by atoms with Crippen LogP contribution in [0.25, 0.3) is 11.3 Å². The van der Waals surface area contributed by atoms with E-state index in [9.17, 15) is 8.78 Å². The van der Waals surface area contributed by atoms with Crippen LogP contribution in [0.5, 0.6) is 0 Å². The maximum Gasteiger partial charge on any atom is 0.272 e. The first-order valence-corrected chi connectivity index (χ1v) is 8.67. The zero-order valence-electron chi connectivity index (χ0n) is 14.7. The number of aryl methyl sites for hydroxylation is 1. The van der Waals surface area contributed by atoms with Crippen molar-refractivity contribution in [2.75, 3.05) is 0 Å². The van der Waals surface area contributed by atoms with Gasteiger partial charge in [0, 0.05) is 37.2 Å². The van der Waals surface area contributed by atoms with E-state index in [-0.39, 0.29) is 5.56 Å². The number of pyridine rings is 1. The van der Waals surface area contributed by atoms with E-state index in [1.807, 2.05) is 24.1 Å². The van der Waals surface area contributed by atoms with Crippen LogP contribution >= 0.6 is 0 Å². The molecular weight excluding hydrogens is 338 g/mol. The second-order valence-corrected chi connectivity index (χ2v) is 6.92. The van der Waals surface area contributed by atoms with Crippen molar-refractivity contribution in [2.45, 2.75) is 44.6 Å². The molecule has 0 saturated heterocycles. The van der Waals surface area contributed by atoms with Crippen LogP contribution in [0.2, 0.25) is 0 Å². The smallest absolute Gasteiger partial charge is 0.272 e. The third-order valence-corrected chi connectivity index (χ3v) is 4.95. The van der Waals surface area contributed by atoms with Gasteiger partial charge < -0.3 is 0 Å². The zero-order valence-corrected chi connectivity index (χ0v) is 14.7. The number of rotatable bonds is 5. The quantitative estimate of drug-likeness (QED) is 0.700. The lowest BCUT2D eigenvalue weighted by Crippen LogP contribution is -2.14. The van der Waals surface area contributed by atoms with Crippen LogP contribution in [0, 0.1) is 0 Å². The lowest BCUT2D eigenvalue weighted by Gasteiger charge is -2.26. The molecule has 1 fully saturated rings. The minimum absolute atomic E-state index is 0.0963. The molecule has 4 rings (SSSR count). The molecule has 0 radical (unpaired) electrons. The van der Waals surface area contributed by atoms with Crippen molar-refractivity contribution in [3.8, 4) is 11.3 Å². The molecule has 0 aliphatic heterocycles. The Hall–Kier alpha value is -2.64. The van der Waals surface area contributed by atoms with E-state index in [1.54, 1.807) is 10.7 Å². The molecule has 6 nitrogen and oxygen atoms in total. The minimum atomic E-state index is -2.88. The fourth-order valence-electron chi connectivity index (χ4n) is 3.25. The zero-order chi connectivity index (χ0) is 18.3. The van der Waals surface area contributed by atoms with Gasteiger partial charge in [0.15, 0.2) is 0 Å². The van der Waals surface area contributed by atoms with Gasteiger partial charge in [-0.15, -0.1) is 5.10 Å². The van der Waals surface area contributed by atoms with Gasteiger partial charge in [0.25, 0.3) is 5.92 Å². The summed E-state index contributed by atoms with van der Waals surface area (Å²) in [7, 11) is 1.95. The first-order valence-electron chi connectivity index (χ1n) is 8.67. The Bertz CT molecular complexity index is 903. The van der Waals surface area contributed by atoms with E-state index >= 15 is 0 Å². The number of halogens is 2. The number of hydrogen-bond donors (Lipinski definition) is 0. The highest BCUT2D eigenvalue weighted by atomic mass is 19.3. The van der Waals surface area contributed by atoms with Crippen molar-refractivity contribution >= 4 is 0 Å². The van der Waals surface area contributed by atoms with Crippen molar-refractivity contribution in [3.05, 3.63) is 47.7 Å². The molecule has 26 heavy (non-hydrogen) atoms. The van der Waals surface area contributed by atoms with Crippen molar-refractivity contribution < 1.29 is 8.78 Å². The average Bonchev–Trinajstić information content (AvgIpc) is 3.13. The monoisotopic (exact) mass is 358 g/mol. The van der Waals surface area contributed by atoms with Crippen LogP contribution in [-0.4, -0.2) is 29.8 Å². The topological polar surface area (TPSA) is 61.4 Å². The van der Waals surface area contributed by atoms with E-state index in [1.165, 1.54) is 37.2 Å². The molecule has 0 amide bonds. The Kier molecular flexibility index (Phi) is 4.05. The molecule has 1 aliphatic rings. The minimum Gasteiger partial charge on any atom is -0.272 e. The number of aromatic nitrogens is 6. The van der Waals surface area contributed by atoms with Crippen LogP contribution < -0.4 is 0 Å². The van der Waals surface area contributed by atoms with Crippen LogP contribution in [0.15, 0.2) is 30.7 Å². The summed E-state index contributed by atoms with van der Waals surface area (Å²) in [5, 5.41) is 12.8. The number of hydrogen-bond acceptors (Lipinski definition) is 4. The molecule has 0 spiro atoms. The molecule has 0 unspecified atom stereocenters. The lowest BCUT2D eigenvalue weighted by atomic mass is 9.81. The van der Waals surface area contributed by atoms with Gasteiger partial charge in [-0.3, -0.25) is 9.67 Å². The van der Waals surface area contributed by atoms with Gasteiger partial charge in [-0.1, -0.05) is 11.6 Å². The Morgan fingerprint density at radius 1 is 1.23 bits per heavy atom. The summed E-state index contributed by atoms with van der Waals surface area (Å²) in [6, 6.07) is 2.99. The van der Waals surface area contributed by atoms with Crippen LogP contribution in [0.3, 0.4) is 0 Å². The van der Waals surface area contributed by atoms with Gasteiger partial charge in [0.05, 0.1) is 30.3 Å². The summed E-state index contributed by atoms with van der Waals surface area (Å²) in [4.78, 5) is 4.11. The van der Waals surface area contributed by atoms with E-state index in [0.29, 0.717) is 18.2 Å². The Balaban J connectivity index is 1.54. The maximum atomic E-state index is 13.3. The van der Waals surface area contributed by atoms with Gasteiger partial charge in [-0.2, -0.15) is 5.10 Å². The molecule has 0 aromatic carbocycles. The molecule has 1 aliphatic carbocycles. The van der Waals surface area contributed by atoms with Gasteiger partial charge in [0.2, 0.25) is 0 Å². The van der Waals surface area contributed by atoms with E-state index in [2.05, 4.69) is 20.4 Å². The predicted molar refractivity (Wildman–Crippen MR) is 91.7 cm³/mol. The maximum absolute atomic E-state index is 13.3. The van der Waals surface area contributed by atoms with E-state index in [0.717, 1.165) is 18.2 Å². The number of alkyl halides is 2. The van der Waals surface area contributed by atoms with E-state index in [4.69, 9.17) is 0 Å². The van der Waals surface area contributed by atoms with Crippen molar-refractivity contribution in [1.82, 2.24) is 29.8 Å². The van der Waals surface area contributed by atoms with Crippen LogP contribution in [-0.2, 0) is 19.5 Å². The Morgan fingerprint density at radius 3 is 2.65 bits per heavy atom. The second kappa shape index (κ2) is 6.26. The molecular formula is C18H20F2N6. The highest BCUT2D eigenvalue weighted by molar-refractivity contribution is 5.61. The normalized spacial score (nSPS) is 15.2. The standard InChI is InChI=1S/C18H20F2N6/c1-18(19,20)13-6-7-14(21-8-13)10-26-11-16(23-24-26)15-9-22-25(2)17(15)12-4-3-5-12/h6-9,11-12H,3-5,10H2,1-2H3. The van der Waals surface area contributed by atoms with Gasteiger partial charge in [-0.25, -0.2) is 13.5 Å². The Labute approximate surface area is 149 Å². The summed E-state index contributed by atoms with van der Waals surface area (Å²) in [5.74, 6) is -2.35. The molecule has 0 bridgehead atoms. The first kappa shape index (κ1) is 16.8. The second-order valence-electron chi connectivity index (χ2n) is 6.92. The van der Waals surface area contributed by atoms with Crippen molar-refractivity contribution in [1.29, 1.82) is 0 Å². The first-order chi connectivity index (χ1) is 12.4. The largest absolute Gasteiger partial charge is 0.272 e. The van der Waals surface area contributed by atoms with Gasteiger partial charge in [-0.05, 0) is 25.0 Å².